The fourth-order valence-electron chi connectivity index (χ4n) is 6.06. The Hall–Kier alpha value is -2.58. The molecule has 188 valence electrons. The summed E-state index contributed by atoms with van der Waals surface area (Å²) in [6, 6.07) is 6.79. The van der Waals surface area contributed by atoms with Crippen molar-refractivity contribution in [2.24, 2.45) is 0 Å². The number of hydrogen-bond acceptors (Lipinski definition) is 6. The lowest BCUT2D eigenvalue weighted by atomic mass is 9.92. The van der Waals surface area contributed by atoms with Crippen LogP contribution in [0.3, 0.4) is 0 Å². The van der Waals surface area contributed by atoms with Gasteiger partial charge in [0.2, 0.25) is 0 Å². The number of nitrogens with zero attached hydrogens (tertiary/aromatic N) is 5. The normalized spacial score (nSPS) is 20.2. The van der Waals surface area contributed by atoms with Crippen LogP contribution < -0.4 is 5.56 Å². The highest BCUT2D eigenvalue weighted by Gasteiger charge is 2.32. The molecule has 0 amide bonds. The average molecular weight is 479 g/mol. The fourth-order valence-corrected chi connectivity index (χ4v) is 6.06. The molecule has 1 saturated heterocycles. The summed E-state index contributed by atoms with van der Waals surface area (Å²) in [6.45, 7) is 8.47. The molecular formula is C27H38N6O2. The molecule has 5 rings (SSSR count). The molecule has 1 saturated carbocycles. The van der Waals surface area contributed by atoms with Gasteiger partial charge in [0.25, 0.3) is 5.56 Å². The second-order valence-electron chi connectivity index (χ2n) is 10.4. The first kappa shape index (κ1) is 24.1. The molecule has 0 spiro atoms. The highest BCUT2D eigenvalue weighted by atomic mass is 16.5. The number of aryl methyl sites for hydroxylation is 2. The molecule has 8 nitrogen and oxygen atoms in total. The first-order chi connectivity index (χ1) is 17.0. The van der Waals surface area contributed by atoms with Crippen molar-refractivity contribution in [2.45, 2.75) is 103 Å². The van der Waals surface area contributed by atoms with E-state index in [9.17, 15) is 4.79 Å². The van der Waals surface area contributed by atoms with Crippen molar-refractivity contribution >= 4 is 10.9 Å². The predicted octanol–water partition coefficient (Wildman–Crippen LogP) is 4.60. The Labute approximate surface area is 207 Å². The zero-order valence-corrected chi connectivity index (χ0v) is 21.3. The largest absolute Gasteiger partial charge is 0.376 e. The summed E-state index contributed by atoms with van der Waals surface area (Å²) in [5, 5.41) is 14.0. The van der Waals surface area contributed by atoms with E-state index in [1.54, 1.807) is 0 Å². The zero-order chi connectivity index (χ0) is 24.4. The van der Waals surface area contributed by atoms with Gasteiger partial charge in [0.05, 0.1) is 18.7 Å². The lowest BCUT2D eigenvalue weighted by Gasteiger charge is -2.39. The summed E-state index contributed by atoms with van der Waals surface area (Å²) in [6.07, 6.45) is 9.23. The lowest BCUT2D eigenvalue weighted by molar-refractivity contribution is 0.0734. The number of fused-ring (bicyclic) bond motifs is 1. The van der Waals surface area contributed by atoms with E-state index in [2.05, 4.69) is 64.4 Å². The molecule has 35 heavy (non-hydrogen) atoms. The molecule has 2 unspecified atom stereocenters. The number of ether oxygens (including phenoxy) is 1. The second-order valence-corrected chi connectivity index (χ2v) is 10.4. The summed E-state index contributed by atoms with van der Waals surface area (Å²) in [5.41, 5.74) is 4.07. The summed E-state index contributed by atoms with van der Waals surface area (Å²) in [7, 11) is 0. The maximum absolute atomic E-state index is 13.2. The second kappa shape index (κ2) is 10.6. The van der Waals surface area contributed by atoms with Crippen molar-refractivity contribution in [3.8, 4) is 0 Å². The van der Waals surface area contributed by atoms with Crippen LogP contribution in [0.5, 0.6) is 0 Å². The third kappa shape index (κ3) is 5.19. The van der Waals surface area contributed by atoms with Gasteiger partial charge in [0.1, 0.15) is 0 Å². The van der Waals surface area contributed by atoms with Crippen molar-refractivity contribution in [2.75, 3.05) is 6.61 Å². The van der Waals surface area contributed by atoms with Gasteiger partial charge in [0, 0.05) is 35.7 Å². The minimum Gasteiger partial charge on any atom is -0.376 e. The quantitative estimate of drug-likeness (QED) is 0.509. The zero-order valence-electron chi connectivity index (χ0n) is 21.3. The lowest BCUT2D eigenvalue weighted by Crippen LogP contribution is -2.41. The van der Waals surface area contributed by atoms with Gasteiger partial charge in [-0.2, -0.15) is 0 Å². The number of aromatic amines is 1. The maximum Gasteiger partial charge on any atom is 0.252 e. The van der Waals surface area contributed by atoms with Gasteiger partial charge in [0.15, 0.2) is 5.82 Å². The van der Waals surface area contributed by atoms with Crippen molar-refractivity contribution in [3.63, 3.8) is 0 Å². The van der Waals surface area contributed by atoms with Crippen molar-refractivity contribution in [3.05, 3.63) is 51.1 Å². The van der Waals surface area contributed by atoms with Crippen LogP contribution in [-0.2, 0) is 17.8 Å². The smallest absolute Gasteiger partial charge is 0.252 e. The van der Waals surface area contributed by atoms with Crippen LogP contribution in [-0.4, -0.2) is 48.8 Å². The first-order valence-corrected chi connectivity index (χ1v) is 13.3. The van der Waals surface area contributed by atoms with E-state index in [1.165, 1.54) is 24.8 Å². The number of tetrazole rings is 1. The third-order valence-corrected chi connectivity index (χ3v) is 7.83. The van der Waals surface area contributed by atoms with Crippen LogP contribution in [0.2, 0.25) is 0 Å². The molecule has 2 aromatic heterocycles. The minimum absolute atomic E-state index is 0.00268. The molecule has 1 N–H and O–H groups in total. The van der Waals surface area contributed by atoms with Gasteiger partial charge in [-0.15, -0.1) is 5.10 Å². The molecule has 3 heterocycles. The van der Waals surface area contributed by atoms with Crippen molar-refractivity contribution < 1.29 is 4.74 Å². The standard InChI is InChI=1S/C27H38N6O2/c1-4-25(26-29-30-31-33(26)17-22-11-8-12-35-22)32(21-9-6-5-7-10-21)16-20-15-23-19(3)13-18(2)14-24(23)28-27(20)34/h13-15,21-22,25H,4-12,16-17H2,1-3H3,(H,28,34). The van der Waals surface area contributed by atoms with Crippen molar-refractivity contribution in [1.29, 1.82) is 0 Å². The molecule has 3 aromatic rings. The van der Waals surface area contributed by atoms with Crippen molar-refractivity contribution in [1.82, 2.24) is 30.1 Å². The highest BCUT2D eigenvalue weighted by Crippen LogP contribution is 2.33. The molecule has 2 fully saturated rings. The van der Waals surface area contributed by atoms with Crippen LogP contribution in [0.1, 0.15) is 86.8 Å². The molecule has 8 heteroatoms. The molecule has 1 aliphatic heterocycles. The number of hydrogen-bond donors (Lipinski definition) is 1. The fraction of sp³-hybridized carbons (Fsp3) is 0.630. The van der Waals surface area contributed by atoms with Gasteiger partial charge >= 0.3 is 0 Å². The summed E-state index contributed by atoms with van der Waals surface area (Å²) in [5.74, 6) is 0.887. The minimum atomic E-state index is -0.00268. The summed E-state index contributed by atoms with van der Waals surface area (Å²) >= 11 is 0. The maximum atomic E-state index is 13.2. The van der Waals surface area contributed by atoms with E-state index in [0.717, 1.165) is 66.6 Å². The number of aromatic nitrogens is 5. The SMILES string of the molecule is CCC(c1nnnn1CC1CCCO1)N(Cc1cc2c(C)cc(C)cc2[nH]c1=O)C1CCCCC1. The molecule has 2 atom stereocenters. The van der Waals surface area contributed by atoms with Gasteiger partial charge in [-0.05, 0) is 79.6 Å². The van der Waals surface area contributed by atoms with E-state index >= 15 is 0 Å². The third-order valence-electron chi connectivity index (χ3n) is 7.83. The van der Waals surface area contributed by atoms with Crippen LogP contribution in [0.4, 0.5) is 0 Å². The number of nitrogens with one attached hydrogen (secondary N) is 1. The van der Waals surface area contributed by atoms with Crippen LogP contribution in [0.25, 0.3) is 10.9 Å². The van der Waals surface area contributed by atoms with E-state index in [-0.39, 0.29) is 17.7 Å². The predicted molar refractivity (Wildman–Crippen MR) is 136 cm³/mol. The molecular weight excluding hydrogens is 440 g/mol. The summed E-state index contributed by atoms with van der Waals surface area (Å²) in [4.78, 5) is 18.9. The molecule has 0 radical (unpaired) electrons. The number of pyridine rings is 1. The monoisotopic (exact) mass is 478 g/mol. The highest BCUT2D eigenvalue weighted by molar-refractivity contribution is 5.83. The topological polar surface area (TPSA) is 88.9 Å². The first-order valence-electron chi connectivity index (χ1n) is 13.3. The number of H-pyrrole nitrogens is 1. The number of rotatable bonds is 8. The van der Waals surface area contributed by atoms with E-state index in [0.29, 0.717) is 19.1 Å². The summed E-state index contributed by atoms with van der Waals surface area (Å²) < 4.78 is 7.81. The van der Waals surface area contributed by atoms with Crippen LogP contribution in [0.15, 0.2) is 23.0 Å². The molecule has 1 aliphatic carbocycles. The Morgan fingerprint density at radius 1 is 1.14 bits per heavy atom. The number of benzene rings is 1. The Kier molecular flexibility index (Phi) is 7.29. The van der Waals surface area contributed by atoms with Gasteiger partial charge in [-0.3, -0.25) is 9.69 Å². The van der Waals surface area contributed by atoms with E-state index in [4.69, 9.17) is 4.74 Å². The van der Waals surface area contributed by atoms with Crippen LogP contribution in [0, 0.1) is 13.8 Å². The van der Waals surface area contributed by atoms with Gasteiger partial charge in [-0.25, -0.2) is 4.68 Å². The Bertz CT molecular complexity index is 1210. The molecule has 1 aromatic carbocycles. The van der Waals surface area contributed by atoms with E-state index < -0.39 is 0 Å². The average Bonchev–Trinajstić information content (AvgIpc) is 3.53. The molecule has 0 bridgehead atoms. The van der Waals surface area contributed by atoms with Gasteiger partial charge < -0.3 is 9.72 Å². The Morgan fingerprint density at radius 2 is 1.97 bits per heavy atom. The van der Waals surface area contributed by atoms with Gasteiger partial charge in [-0.1, -0.05) is 32.3 Å². The Balaban J connectivity index is 1.50. The van der Waals surface area contributed by atoms with Crippen LogP contribution >= 0.6 is 0 Å². The van der Waals surface area contributed by atoms with E-state index in [1.807, 2.05) is 4.68 Å². The molecule has 2 aliphatic rings. The Morgan fingerprint density at radius 3 is 2.71 bits per heavy atom.